The Balaban J connectivity index is 1.79. The fourth-order valence-corrected chi connectivity index (χ4v) is 3.49. The van der Waals surface area contributed by atoms with E-state index in [0.717, 1.165) is 37.4 Å². The summed E-state index contributed by atoms with van der Waals surface area (Å²) in [5.41, 5.74) is 1.60. The van der Waals surface area contributed by atoms with Crippen molar-refractivity contribution >= 4 is 29.1 Å². The zero-order chi connectivity index (χ0) is 18.7. The standard InChI is InChI=1S/C19H23ClN6/c1-24(2)19-22-7-6-18(23-19)25(3)16-5-4-8-26(13-16)17-10-14(12-21)9-15(20)11-17/h6-7,9-11,16H,4-5,8,13H2,1-3H3. The lowest BCUT2D eigenvalue weighted by Gasteiger charge is -2.39. The molecular formula is C19H23ClN6. The monoisotopic (exact) mass is 370 g/mol. The summed E-state index contributed by atoms with van der Waals surface area (Å²) in [6, 6.07) is 9.99. The van der Waals surface area contributed by atoms with Crippen LogP contribution in [0.4, 0.5) is 17.5 Å². The molecule has 6 nitrogen and oxygen atoms in total. The number of nitriles is 1. The smallest absolute Gasteiger partial charge is 0.226 e. The average Bonchev–Trinajstić information content (AvgIpc) is 2.67. The summed E-state index contributed by atoms with van der Waals surface area (Å²) >= 11 is 6.18. The van der Waals surface area contributed by atoms with Crippen molar-refractivity contribution in [2.45, 2.75) is 18.9 Å². The molecule has 0 saturated carbocycles. The Morgan fingerprint density at radius 3 is 2.81 bits per heavy atom. The summed E-state index contributed by atoms with van der Waals surface area (Å²) in [7, 11) is 5.95. The Morgan fingerprint density at radius 2 is 2.08 bits per heavy atom. The van der Waals surface area contributed by atoms with Gasteiger partial charge < -0.3 is 14.7 Å². The summed E-state index contributed by atoms with van der Waals surface area (Å²) in [5.74, 6) is 1.62. The maximum Gasteiger partial charge on any atom is 0.226 e. The fraction of sp³-hybridized carbons (Fsp3) is 0.421. The van der Waals surface area contributed by atoms with Crippen molar-refractivity contribution in [3.63, 3.8) is 0 Å². The molecule has 1 fully saturated rings. The van der Waals surface area contributed by atoms with Crippen LogP contribution in [0.25, 0.3) is 0 Å². The van der Waals surface area contributed by atoms with Crippen LogP contribution < -0.4 is 14.7 Å². The maximum atomic E-state index is 9.19. The van der Waals surface area contributed by atoms with E-state index < -0.39 is 0 Å². The van der Waals surface area contributed by atoms with Crippen LogP contribution in [-0.2, 0) is 0 Å². The number of rotatable bonds is 4. The van der Waals surface area contributed by atoms with Gasteiger partial charge in [-0.3, -0.25) is 0 Å². The van der Waals surface area contributed by atoms with Crippen LogP contribution in [0.5, 0.6) is 0 Å². The van der Waals surface area contributed by atoms with E-state index in [0.29, 0.717) is 22.6 Å². The molecule has 1 unspecified atom stereocenters. The number of nitrogens with zero attached hydrogens (tertiary/aromatic N) is 6. The van der Waals surface area contributed by atoms with E-state index in [-0.39, 0.29) is 0 Å². The lowest BCUT2D eigenvalue weighted by atomic mass is 10.0. The molecule has 0 bridgehead atoms. The molecule has 0 aliphatic carbocycles. The number of anilines is 3. The van der Waals surface area contributed by atoms with E-state index in [9.17, 15) is 5.26 Å². The highest BCUT2D eigenvalue weighted by atomic mass is 35.5. The van der Waals surface area contributed by atoms with Gasteiger partial charge in [0.25, 0.3) is 0 Å². The van der Waals surface area contributed by atoms with Gasteiger partial charge in [-0.15, -0.1) is 0 Å². The Kier molecular flexibility index (Phi) is 5.48. The second-order valence-corrected chi connectivity index (χ2v) is 7.21. The molecule has 0 spiro atoms. The van der Waals surface area contributed by atoms with Crippen molar-refractivity contribution in [3.8, 4) is 6.07 Å². The third-order valence-corrected chi connectivity index (χ3v) is 4.93. The van der Waals surface area contributed by atoms with Gasteiger partial charge in [0.1, 0.15) is 5.82 Å². The molecule has 0 radical (unpaired) electrons. The number of benzene rings is 1. The quantitative estimate of drug-likeness (QED) is 0.823. The molecular weight excluding hydrogens is 348 g/mol. The second kappa shape index (κ2) is 7.79. The van der Waals surface area contributed by atoms with Crippen molar-refractivity contribution in [3.05, 3.63) is 41.0 Å². The number of hydrogen-bond donors (Lipinski definition) is 0. The molecule has 26 heavy (non-hydrogen) atoms. The SMILES string of the molecule is CN(C)c1nccc(N(C)C2CCCN(c3cc(Cl)cc(C#N)c3)C2)n1. The minimum atomic E-state index is 0.332. The van der Waals surface area contributed by atoms with Gasteiger partial charge >= 0.3 is 0 Å². The van der Waals surface area contributed by atoms with Crippen molar-refractivity contribution in [2.75, 3.05) is 48.9 Å². The molecule has 1 aliphatic heterocycles. The highest BCUT2D eigenvalue weighted by molar-refractivity contribution is 6.31. The molecule has 1 aliphatic rings. The first-order valence-electron chi connectivity index (χ1n) is 8.67. The maximum absolute atomic E-state index is 9.19. The summed E-state index contributed by atoms with van der Waals surface area (Å²) in [6.45, 7) is 1.82. The van der Waals surface area contributed by atoms with Gasteiger partial charge in [0.15, 0.2) is 0 Å². The minimum absolute atomic E-state index is 0.332. The van der Waals surface area contributed by atoms with E-state index >= 15 is 0 Å². The summed E-state index contributed by atoms with van der Waals surface area (Å²) < 4.78 is 0. The van der Waals surface area contributed by atoms with Gasteiger partial charge in [-0.05, 0) is 37.1 Å². The van der Waals surface area contributed by atoms with Gasteiger partial charge in [0.2, 0.25) is 5.95 Å². The van der Waals surface area contributed by atoms with E-state index in [4.69, 9.17) is 11.6 Å². The van der Waals surface area contributed by atoms with Crippen molar-refractivity contribution in [1.29, 1.82) is 5.26 Å². The van der Waals surface area contributed by atoms with E-state index in [1.54, 1.807) is 12.3 Å². The molecule has 3 rings (SSSR count). The third-order valence-electron chi connectivity index (χ3n) is 4.71. The molecule has 136 valence electrons. The molecule has 2 heterocycles. The van der Waals surface area contributed by atoms with E-state index in [1.807, 2.05) is 37.2 Å². The fourth-order valence-electron chi connectivity index (χ4n) is 3.26. The highest BCUT2D eigenvalue weighted by Crippen LogP contribution is 2.27. The Labute approximate surface area is 159 Å². The van der Waals surface area contributed by atoms with E-state index in [2.05, 4.69) is 32.9 Å². The van der Waals surface area contributed by atoms with Crippen molar-refractivity contribution in [2.24, 2.45) is 0 Å². The van der Waals surface area contributed by atoms with Crippen LogP contribution in [0.1, 0.15) is 18.4 Å². The molecule has 0 N–H and O–H groups in total. The lowest BCUT2D eigenvalue weighted by molar-refractivity contribution is 0.486. The van der Waals surface area contributed by atoms with Gasteiger partial charge in [0, 0.05) is 57.2 Å². The normalized spacial score (nSPS) is 16.9. The molecule has 1 atom stereocenters. The summed E-state index contributed by atoms with van der Waals surface area (Å²) in [6.07, 6.45) is 3.97. The number of likely N-dealkylation sites (N-methyl/N-ethyl adjacent to an activating group) is 1. The second-order valence-electron chi connectivity index (χ2n) is 6.77. The Bertz CT molecular complexity index is 816. The zero-order valence-electron chi connectivity index (χ0n) is 15.4. The van der Waals surface area contributed by atoms with Crippen LogP contribution in [0.15, 0.2) is 30.5 Å². The van der Waals surface area contributed by atoms with E-state index in [1.165, 1.54) is 0 Å². The van der Waals surface area contributed by atoms with Gasteiger partial charge in [0.05, 0.1) is 11.6 Å². The molecule has 7 heteroatoms. The molecule has 1 aromatic heterocycles. The van der Waals surface area contributed by atoms with Crippen LogP contribution in [-0.4, -0.2) is 50.2 Å². The Hall–Kier alpha value is -2.52. The van der Waals surface area contributed by atoms with Crippen LogP contribution in [0.2, 0.25) is 5.02 Å². The number of aromatic nitrogens is 2. The summed E-state index contributed by atoms with van der Waals surface area (Å²) in [5, 5.41) is 9.79. The molecule has 1 aromatic carbocycles. The Morgan fingerprint density at radius 1 is 1.27 bits per heavy atom. The molecule has 2 aromatic rings. The lowest BCUT2D eigenvalue weighted by Crippen LogP contribution is -2.47. The highest BCUT2D eigenvalue weighted by Gasteiger charge is 2.25. The number of piperidine rings is 1. The van der Waals surface area contributed by atoms with Crippen molar-refractivity contribution < 1.29 is 0 Å². The van der Waals surface area contributed by atoms with Crippen LogP contribution >= 0.6 is 11.6 Å². The van der Waals surface area contributed by atoms with Crippen LogP contribution in [0.3, 0.4) is 0 Å². The summed E-state index contributed by atoms with van der Waals surface area (Å²) in [4.78, 5) is 15.4. The average molecular weight is 371 g/mol. The van der Waals surface area contributed by atoms with Crippen LogP contribution in [0, 0.1) is 11.3 Å². The predicted molar refractivity (Wildman–Crippen MR) is 106 cm³/mol. The largest absolute Gasteiger partial charge is 0.369 e. The first-order valence-corrected chi connectivity index (χ1v) is 9.04. The topological polar surface area (TPSA) is 59.3 Å². The van der Waals surface area contributed by atoms with Gasteiger partial charge in [-0.1, -0.05) is 11.6 Å². The third kappa shape index (κ3) is 4.00. The first kappa shape index (κ1) is 18.3. The minimum Gasteiger partial charge on any atom is -0.369 e. The van der Waals surface area contributed by atoms with Gasteiger partial charge in [-0.2, -0.15) is 10.2 Å². The van der Waals surface area contributed by atoms with Crippen molar-refractivity contribution in [1.82, 2.24) is 9.97 Å². The molecule has 0 amide bonds. The number of halogens is 1. The van der Waals surface area contributed by atoms with Gasteiger partial charge in [-0.25, -0.2) is 4.98 Å². The zero-order valence-corrected chi connectivity index (χ0v) is 16.1. The first-order chi connectivity index (χ1) is 12.5. The number of hydrogen-bond acceptors (Lipinski definition) is 6. The molecule has 1 saturated heterocycles. The predicted octanol–water partition coefficient (Wildman–Crippen LogP) is 3.17.